The van der Waals surface area contributed by atoms with E-state index in [-0.39, 0.29) is 24.6 Å². The number of nitro groups is 1. The first-order valence-electron chi connectivity index (χ1n) is 9.29. The second kappa shape index (κ2) is 9.00. The summed E-state index contributed by atoms with van der Waals surface area (Å²) in [5, 5.41) is 11.1. The summed E-state index contributed by atoms with van der Waals surface area (Å²) < 4.78 is 6.87. The lowest BCUT2D eigenvalue weighted by molar-refractivity contribution is -0.384. The van der Waals surface area contributed by atoms with E-state index in [9.17, 15) is 19.7 Å². The minimum absolute atomic E-state index is 0.109. The minimum Gasteiger partial charge on any atom is -0.468 e. The molecule has 0 N–H and O–H groups in total. The number of thiazole rings is 1. The summed E-state index contributed by atoms with van der Waals surface area (Å²) in [6, 6.07) is 12.1. The zero-order valence-corrected chi connectivity index (χ0v) is 17.6. The van der Waals surface area contributed by atoms with E-state index < -0.39 is 10.9 Å². The van der Waals surface area contributed by atoms with E-state index in [0.29, 0.717) is 20.9 Å². The number of hydrogen-bond acceptors (Lipinski definition) is 6. The fourth-order valence-corrected chi connectivity index (χ4v) is 3.97. The molecule has 9 heteroatoms. The van der Waals surface area contributed by atoms with Gasteiger partial charge in [-0.1, -0.05) is 49.4 Å². The van der Waals surface area contributed by atoms with Crippen LogP contribution in [0.1, 0.15) is 30.9 Å². The van der Waals surface area contributed by atoms with Gasteiger partial charge in [-0.3, -0.25) is 19.7 Å². The molecule has 0 aliphatic heterocycles. The molecule has 0 bridgehead atoms. The number of carbonyl (C=O) groups excluding carboxylic acids is 2. The van der Waals surface area contributed by atoms with Gasteiger partial charge in [0.05, 0.1) is 28.7 Å². The Labute approximate surface area is 176 Å². The van der Waals surface area contributed by atoms with Gasteiger partial charge in [-0.25, -0.2) is 0 Å². The van der Waals surface area contributed by atoms with Gasteiger partial charge in [-0.05, 0) is 23.1 Å². The van der Waals surface area contributed by atoms with Gasteiger partial charge in [-0.2, -0.15) is 4.99 Å². The lowest BCUT2D eigenvalue weighted by Crippen LogP contribution is -2.22. The van der Waals surface area contributed by atoms with Crippen LogP contribution in [0.2, 0.25) is 0 Å². The number of methoxy groups -OCH3 is 1. The van der Waals surface area contributed by atoms with Crippen molar-refractivity contribution in [3.63, 3.8) is 0 Å². The van der Waals surface area contributed by atoms with Crippen molar-refractivity contribution in [1.82, 2.24) is 4.57 Å². The average molecular weight is 427 g/mol. The number of nitrogens with zero attached hydrogens (tertiary/aromatic N) is 3. The zero-order chi connectivity index (χ0) is 21.8. The number of fused-ring (bicyclic) bond motifs is 1. The van der Waals surface area contributed by atoms with Crippen LogP contribution in [-0.4, -0.2) is 28.5 Å². The summed E-state index contributed by atoms with van der Waals surface area (Å²) in [4.78, 5) is 39.5. The number of non-ortho nitro benzene ring substituents is 1. The molecular weight excluding hydrogens is 406 g/mol. The van der Waals surface area contributed by atoms with Crippen molar-refractivity contribution in [3.8, 4) is 0 Å². The quantitative estimate of drug-likeness (QED) is 0.340. The average Bonchev–Trinajstić information content (AvgIpc) is 3.04. The molecule has 0 spiro atoms. The van der Waals surface area contributed by atoms with E-state index in [4.69, 9.17) is 4.74 Å². The van der Waals surface area contributed by atoms with E-state index in [1.807, 2.05) is 24.3 Å². The van der Waals surface area contributed by atoms with Crippen LogP contribution in [0.25, 0.3) is 10.2 Å². The minimum atomic E-state index is -0.542. The van der Waals surface area contributed by atoms with Crippen LogP contribution in [0, 0.1) is 10.1 Å². The number of hydrogen-bond donors (Lipinski definition) is 0. The van der Waals surface area contributed by atoms with Gasteiger partial charge in [0.2, 0.25) is 0 Å². The molecule has 3 aromatic rings. The predicted octanol–water partition coefficient (Wildman–Crippen LogP) is 3.58. The molecule has 2 aromatic carbocycles. The van der Waals surface area contributed by atoms with E-state index in [1.165, 1.54) is 40.7 Å². The Hall–Kier alpha value is -3.33. The van der Waals surface area contributed by atoms with Crippen LogP contribution in [0.5, 0.6) is 0 Å². The number of esters is 1. The van der Waals surface area contributed by atoms with Crippen LogP contribution < -0.4 is 4.80 Å². The second-order valence-electron chi connectivity index (χ2n) is 7.03. The van der Waals surface area contributed by atoms with E-state index in [0.717, 1.165) is 5.56 Å². The highest BCUT2D eigenvalue weighted by Gasteiger charge is 2.15. The molecule has 1 amide bonds. The lowest BCUT2D eigenvalue weighted by Gasteiger charge is -2.06. The third-order valence-corrected chi connectivity index (χ3v) is 5.67. The van der Waals surface area contributed by atoms with Crippen LogP contribution in [0.3, 0.4) is 0 Å². The van der Waals surface area contributed by atoms with E-state index >= 15 is 0 Å². The molecule has 1 aromatic heterocycles. The highest BCUT2D eigenvalue weighted by molar-refractivity contribution is 7.16. The summed E-state index contributed by atoms with van der Waals surface area (Å²) in [7, 11) is 1.25. The second-order valence-corrected chi connectivity index (χ2v) is 8.04. The predicted molar refractivity (Wildman–Crippen MR) is 113 cm³/mol. The lowest BCUT2D eigenvalue weighted by atomic mass is 10.0. The molecule has 0 saturated heterocycles. The van der Waals surface area contributed by atoms with Crippen molar-refractivity contribution in [3.05, 3.63) is 68.5 Å². The fourth-order valence-electron chi connectivity index (χ4n) is 2.94. The smallest absolute Gasteiger partial charge is 0.325 e. The van der Waals surface area contributed by atoms with Crippen LogP contribution >= 0.6 is 11.3 Å². The molecule has 0 aliphatic rings. The monoisotopic (exact) mass is 427 g/mol. The number of rotatable bonds is 6. The van der Waals surface area contributed by atoms with E-state index in [1.54, 1.807) is 6.07 Å². The number of nitro benzene ring substituents is 1. The molecule has 0 unspecified atom stereocenters. The van der Waals surface area contributed by atoms with Crippen LogP contribution in [0.4, 0.5) is 5.69 Å². The molecule has 0 atom stereocenters. The Kier molecular flexibility index (Phi) is 6.41. The summed E-state index contributed by atoms with van der Waals surface area (Å²) >= 11 is 1.19. The number of benzene rings is 2. The third-order valence-electron chi connectivity index (χ3n) is 4.61. The van der Waals surface area contributed by atoms with Crippen LogP contribution in [-0.2, 0) is 27.3 Å². The van der Waals surface area contributed by atoms with E-state index in [2.05, 4.69) is 18.8 Å². The van der Waals surface area contributed by atoms with Crippen molar-refractivity contribution >= 4 is 39.1 Å². The molecular formula is C21H21N3O5S. The number of aromatic nitrogens is 1. The van der Waals surface area contributed by atoms with Crippen molar-refractivity contribution in [2.75, 3.05) is 7.11 Å². The van der Waals surface area contributed by atoms with Gasteiger partial charge >= 0.3 is 5.97 Å². The molecule has 156 valence electrons. The largest absolute Gasteiger partial charge is 0.468 e. The Morgan fingerprint density at radius 2 is 1.90 bits per heavy atom. The molecule has 30 heavy (non-hydrogen) atoms. The fraction of sp³-hybridized carbons (Fsp3) is 0.286. The number of carbonyl (C=O) groups is 2. The van der Waals surface area contributed by atoms with Gasteiger partial charge < -0.3 is 9.30 Å². The highest BCUT2D eigenvalue weighted by atomic mass is 32.1. The molecule has 0 aliphatic carbocycles. The number of ether oxygens (including phenoxy) is 1. The maximum Gasteiger partial charge on any atom is 0.325 e. The molecule has 0 radical (unpaired) electrons. The van der Waals surface area contributed by atoms with Crippen molar-refractivity contribution < 1.29 is 19.2 Å². The molecule has 1 heterocycles. The Bertz CT molecular complexity index is 1180. The van der Waals surface area contributed by atoms with Crippen molar-refractivity contribution in [2.45, 2.75) is 32.7 Å². The normalized spacial score (nSPS) is 11.8. The Morgan fingerprint density at radius 3 is 2.50 bits per heavy atom. The first-order chi connectivity index (χ1) is 14.3. The van der Waals surface area contributed by atoms with Gasteiger partial charge in [0.25, 0.3) is 11.6 Å². The standard InChI is InChI=1S/C21H21N3O5S/c1-13(2)15-6-4-14(5-7-15)10-19(25)22-21-23(12-20(26)29-3)17-11-16(24(27)28)8-9-18(17)30-21/h4-9,11,13H,10,12H2,1-3H3. The first-order valence-corrected chi connectivity index (χ1v) is 10.1. The Morgan fingerprint density at radius 1 is 1.20 bits per heavy atom. The van der Waals surface area contributed by atoms with Gasteiger partial charge in [-0.15, -0.1) is 0 Å². The topological polar surface area (TPSA) is 104 Å². The number of amides is 1. The van der Waals surface area contributed by atoms with Gasteiger partial charge in [0, 0.05) is 12.1 Å². The molecule has 8 nitrogen and oxygen atoms in total. The highest BCUT2D eigenvalue weighted by Crippen LogP contribution is 2.23. The molecule has 0 fully saturated rings. The van der Waals surface area contributed by atoms with Crippen molar-refractivity contribution in [1.29, 1.82) is 0 Å². The zero-order valence-electron chi connectivity index (χ0n) is 16.8. The van der Waals surface area contributed by atoms with Gasteiger partial charge in [0.15, 0.2) is 4.80 Å². The first kappa shape index (κ1) is 21.4. The molecule has 0 saturated carbocycles. The summed E-state index contributed by atoms with van der Waals surface area (Å²) in [6.07, 6.45) is 0.116. The summed E-state index contributed by atoms with van der Waals surface area (Å²) in [5.41, 5.74) is 2.36. The van der Waals surface area contributed by atoms with Gasteiger partial charge in [0.1, 0.15) is 6.54 Å². The summed E-state index contributed by atoms with van der Waals surface area (Å²) in [5.74, 6) is -0.509. The third kappa shape index (κ3) is 4.80. The maximum atomic E-state index is 12.6. The summed E-state index contributed by atoms with van der Waals surface area (Å²) in [6.45, 7) is 4.00. The maximum absolute atomic E-state index is 12.6. The SMILES string of the molecule is COC(=O)Cn1c(=NC(=O)Cc2ccc(C(C)C)cc2)sc2ccc([N+](=O)[O-])cc21. The van der Waals surface area contributed by atoms with Crippen LogP contribution in [0.15, 0.2) is 47.5 Å². The Balaban J connectivity index is 1.98. The molecule has 3 rings (SSSR count). The van der Waals surface area contributed by atoms with Crippen molar-refractivity contribution in [2.24, 2.45) is 4.99 Å².